The number of carbonyl (C=O) groups is 1. The SMILES string of the molecule is Cc1cc(C)cc(C(=O)N2CCC3CNCC3C2)c1.Cl. The van der Waals surface area contributed by atoms with Gasteiger partial charge >= 0.3 is 0 Å². The summed E-state index contributed by atoms with van der Waals surface area (Å²) in [6.07, 6.45) is 1.15. The van der Waals surface area contributed by atoms with E-state index in [0.717, 1.165) is 44.1 Å². The summed E-state index contributed by atoms with van der Waals surface area (Å²) in [7, 11) is 0. The number of nitrogens with zero attached hydrogens (tertiary/aromatic N) is 1. The molecule has 3 rings (SSSR count). The van der Waals surface area contributed by atoms with Crippen LogP contribution in [-0.2, 0) is 0 Å². The van der Waals surface area contributed by atoms with Gasteiger partial charge in [-0.25, -0.2) is 0 Å². The number of piperidine rings is 1. The van der Waals surface area contributed by atoms with E-state index in [4.69, 9.17) is 0 Å². The maximum absolute atomic E-state index is 12.6. The number of hydrogen-bond donors (Lipinski definition) is 1. The third-order valence-electron chi connectivity index (χ3n) is 4.46. The number of likely N-dealkylation sites (tertiary alicyclic amines) is 1. The Hall–Kier alpha value is -1.06. The van der Waals surface area contributed by atoms with Crippen LogP contribution in [0.1, 0.15) is 27.9 Å². The van der Waals surface area contributed by atoms with E-state index in [0.29, 0.717) is 5.92 Å². The largest absolute Gasteiger partial charge is 0.338 e. The highest BCUT2D eigenvalue weighted by Crippen LogP contribution is 2.27. The van der Waals surface area contributed by atoms with Crippen LogP contribution >= 0.6 is 12.4 Å². The molecule has 3 nitrogen and oxygen atoms in total. The minimum Gasteiger partial charge on any atom is -0.338 e. The normalized spacial score (nSPS) is 25.0. The molecule has 4 heteroatoms. The minimum atomic E-state index is 0. The summed E-state index contributed by atoms with van der Waals surface area (Å²) in [5.74, 6) is 1.64. The predicted molar refractivity (Wildman–Crippen MR) is 83.5 cm³/mol. The zero-order chi connectivity index (χ0) is 13.4. The van der Waals surface area contributed by atoms with Crippen LogP contribution in [0.25, 0.3) is 0 Å². The van der Waals surface area contributed by atoms with E-state index in [1.54, 1.807) is 0 Å². The number of halogens is 1. The van der Waals surface area contributed by atoms with Crippen molar-refractivity contribution in [3.05, 3.63) is 34.9 Å². The molecule has 0 radical (unpaired) electrons. The van der Waals surface area contributed by atoms with E-state index in [1.165, 1.54) is 11.1 Å². The van der Waals surface area contributed by atoms with Gasteiger partial charge in [0.05, 0.1) is 0 Å². The number of rotatable bonds is 1. The molecule has 2 heterocycles. The number of benzene rings is 1. The lowest BCUT2D eigenvalue weighted by Crippen LogP contribution is -2.43. The standard InChI is InChI=1S/C16H22N2O.ClH/c1-11-5-12(2)7-14(6-11)16(19)18-4-3-13-8-17-9-15(13)10-18;/h5-7,13,15,17H,3-4,8-10H2,1-2H3;1H. The van der Waals surface area contributed by atoms with Crippen molar-refractivity contribution in [1.82, 2.24) is 10.2 Å². The van der Waals surface area contributed by atoms with Crippen LogP contribution in [0.2, 0.25) is 0 Å². The van der Waals surface area contributed by atoms with Crippen LogP contribution in [0.4, 0.5) is 0 Å². The maximum Gasteiger partial charge on any atom is 0.253 e. The first-order chi connectivity index (χ1) is 9.13. The first-order valence-corrected chi connectivity index (χ1v) is 7.22. The van der Waals surface area contributed by atoms with E-state index in [1.807, 2.05) is 17.0 Å². The van der Waals surface area contributed by atoms with Gasteiger partial charge < -0.3 is 10.2 Å². The molecule has 1 amide bonds. The van der Waals surface area contributed by atoms with Crippen LogP contribution in [0.15, 0.2) is 18.2 Å². The van der Waals surface area contributed by atoms with Crippen molar-refractivity contribution < 1.29 is 4.79 Å². The predicted octanol–water partition coefficient (Wildman–Crippen LogP) is 2.41. The van der Waals surface area contributed by atoms with Crippen LogP contribution in [0.3, 0.4) is 0 Å². The molecule has 0 spiro atoms. The average Bonchev–Trinajstić information content (AvgIpc) is 2.83. The third-order valence-corrected chi connectivity index (χ3v) is 4.46. The number of hydrogen-bond acceptors (Lipinski definition) is 2. The van der Waals surface area contributed by atoms with Crippen LogP contribution in [0, 0.1) is 25.7 Å². The molecule has 20 heavy (non-hydrogen) atoms. The van der Waals surface area contributed by atoms with Gasteiger partial charge in [-0.15, -0.1) is 12.4 Å². The number of amides is 1. The number of fused-ring (bicyclic) bond motifs is 1. The highest BCUT2D eigenvalue weighted by Gasteiger charge is 2.34. The first-order valence-electron chi connectivity index (χ1n) is 7.22. The van der Waals surface area contributed by atoms with E-state index in [2.05, 4.69) is 25.2 Å². The van der Waals surface area contributed by atoms with Gasteiger partial charge in [-0.1, -0.05) is 17.2 Å². The maximum atomic E-state index is 12.6. The Labute approximate surface area is 127 Å². The lowest BCUT2D eigenvalue weighted by atomic mass is 9.88. The summed E-state index contributed by atoms with van der Waals surface area (Å²) in [5, 5.41) is 3.44. The van der Waals surface area contributed by atoms with Crippen molar-refractivity contribution in [2.45, 2.75) is 20.3 Å². The third kappa shape index (κ3) is 2.99. The minimum absolute atomic E-state index is 0. The van der Waals surface area contributed by atoms with E-state index >= 15 is 0 Å². The zero-order valence-corrected chi connectivity index (χ0v) is 13.0. The molecule has 1 aromatic carbocycles. The fourth-order valence-electron chi connectivity index (χ4n) is 3.50. The quantitative estimate of drug-likeness (QED) is 0.863. The molecule has 2 fully saturated rings. The Morgan fingerprint density at radius 2 is 1.80 bits per heavy atom. The second kappa shape index (κ2) is 6.15. The second-order valence-corrected chi connectivity index (χ2v) is 6.09. The Morgan fingerprint density at radius 1 is 1.15 bits per heavy atom. The molecule has 0 aromatic heterocycles. The summed E-state index contributed by atoms with van der Waals surface area (Å²) < 4.78 is 0. The lowest BCUT2D eigenvalue weighted by molar-refractivity contribution is 0.0642. The van der Waals surface area contributed by atoms with Crippen molar-refractivity contribution in [3.8, 4) is 0 Å². The monoisotopic (exact) mass is 294 g/mol. The molecule has 2 unspecified atom stereocenters. The smallest absolute Gasteiger partial charge is 0.253 e. The van der Waals surface area contributed by atoms with Crippen LogP contribution < -0.4 is 5.32 Å². The Balaban J connectivity index is 0.00000147. The lowest BCUT2D eigenvalue weighted by Gasteiger charge is -2.34. The molecule has 0 bridgehead atoms. The average molecular weight is 295 g/mol. The van der Waals surface area contributed by atoms with E-state index < -0.39 is 0 Å². The fraction of sp³-hybridized carbons (Fsp3) is 0.562. The van der Waals surface area contributed by atoms with Gasteiger partial charge in [0.1, 0.15) is 0 Å². The summed E-state index contributed by atoms with van der Waals surface area (Å²) >= 11 is 0. The van der Waals surface area contributed by atoms with Crippen molar-refractivity contribution in [2.75, 3.05) is 26.2 Å². The Bertz CT molecular complexity index is 483. The molecular formula is C16H23ClN2O. The molecule has 1 N–H and O–H groups in total. The van der Waals surface area contributed by atoms with Gasteiger partial charge in [0.2, 0.25) is 0 Å². The van der Waals surface area contributed by atoms with E-state index in [-0.39, 0.29) is 18.3 Å². The first kappa shape index (κ1) is 15.3. The van der Waals surface area contributed by atoms with Crippen molar-refractivity contribution in [3.63, 3.8) is 0 Å². The van der Waals surface area contributed by atoms with Crippen molar-refractivity contribution in [1.29, 1.82) is 0 Å². The number of carbonyl (C=O) groups excluding carboxylic acids is 1. The van der Waals surface area contributed by atoms with Crippen molar-refractivity contribution in [2.24, 2.45) is 11.8 Å². The van der Waals surface area contributed by atoms with E-state index in [9.17, 15) is 4.79 Å². The Kier molecular flexibility index (Phi) is 4.71. The second-order valence-electron chi connectivity index (χ2n) is 6.09. The topological polar surface area (TPSA) is 32.3 Å². The summed E-state index contributed by atoms with van der Waals surface area (Å²) in [5.41, 5.74) is 3.18. The van der Waals surface area contributed by atoms with Gasteiger partial charge in [-0.3, -0.25) is 4.79 Å². The molecule has 1 aromatic rings. The van der Waals surface area contributed by atoms with Gasteiger partial charge in [0.15, 0.2) is 0 Å². The van der Waals surface area contributed by atoms with Gasteiger partial charge in [0.25, 0.3) is 5.91 Å². The highest BCUT2D eigenvalue weighted by atomic mass is 35.5. The number of nitrogens with one attached hydrogen (secondary N) is 1. The molecule has 0 saturated carbocycles. The zero-order valence-electron chi connectivity index (χ0n) is 12.2. The van der Waals surface area contributed by atoms with Gasteiger partial charge in [-0.2, -0.15) is 0 Å². The summed E-state index contributed by atoms with van der Waals surface area (Å²) in [6, 6.07) is 6.13. The van der Waals surface area contributed by atoms with Gasteiger partial charge in [0, 0.05) is 18.7 Å². The summed E-state index contributed by atoms with van der Waals surface area (Å²) in [4.78, 5) is 14.6. The number of aryl methyl sites for hydroxylation is 2. The molecular weight excluding hydrogens is 272 g/mol. The molecule has 0 aliphatic carbocycles. The highest BCUT2D eigenvalue weighted by molar-refractivity contribution is 5.94. The molecule has 2 atom stereocenters. The summed E-state index contributed by atoms with van der Waals surface area (Å²) in [6.45, 7) is 8.14. The van der Waals surface area contributed by atoms with Crippen LogP contribution in [0.5, 0.6) is 0 Å². The molecule has 2 aliphatic rings. The molecule has 110 valence electrons. The Morgan fingerprint density at radius 3 is 2.50 bits per heavy atom. The van der Waals surface area contributed by atoms with Crippen LogP contribution in [-0.4, -0.2) is 37.0 Å². The molecule has 2 aliphatic heterocycles. The van der Waals surface area contributed by atoms with Crippen molar-refractivity contribution >= 4 is 18.3 Å². The van der Waals surface area contributed by atoms with Gasteiger partial charge in [-0.05, 0) is 57.3 Å². The fourth-order valence-corrected chi connectivity index (χ4v) is 3.50. The molecule has 2 saturated heterocycles.